The minimum absolute atomic E-state index is 0.0952. The van der Waals surface area contributed by atoms with Crippen molar-refractivity contribution in [1.82, 2.24) is 0 Å². The molecule has 1 unspecified atom stereocenters. The van der Waals surface area contributed by atoms with Gasteiger partial charge in [-0.1, -0.05) is 0 Å². The Morgan fingerprint density at radius 3 is 2.80 bits per heavy atom. The second-order valence-electron chi connectivity index (χ2n) is 1.92. The molecule has 1 N–H and O–H groups in total. The first kappa shape index (κ1) is 9.32. The van der Waals surface area contributed by atoms with Gasteiger partial charge in [0.15, 0.2) is 0 Å². The Balaban J connectivity index is 3.25. The van der Waals surface area contributed by atoms with Crippen LogP contribution in [0.4, 0.5) is 0 Å². The van der Waals surface area contributed by atoms with Crippen LogP contribution in [0.2, 0.25) is 0 Å². The van der Waals surface area contributed by atoms with E-state index in [1.54, 1.807) is 6.92 Å². The number of nitrogens with zero attached hydrogens (tertiary/aromatic N) is 1. The zero-order valence-electron chi connectivity index (χ0n) is 5.82. The van der Waals surface area contributed by atoms with Gasteiger partial charge in [-0.25, -0.2) is 0 Å². The number of hydrogen-bond donors (Lipinski definition) is 1. The highest BCUT2D eigenvalue weighted by molar-refractivity contribution is 4.44. The zero-order chi connectivity index (χ0) is 7.98. The maximum absolute atomic E-state index is 9.84. The van der Waals surface area contributed by atoms with E-state index < -0.39 is 11.0 Å². The largest absolute Gasteiger partial charge is 0.394 e. The van der Waals surface area contributed by atoms with Gasteiger partial charge < -0.3 is 9.84 Å². The van der Waals surface area contributed by atoms with Gasteiger partial charge in [0.1, 0.15) is 6.10 Å². The van der Waals surface area contributed by atoms with E-state index in [4.69, 9.17) is 9.84 Å². The molecular weight excluding hydrogens is 138 g/mol. The Kier molecular flexibility index (Phi) is 4.78. The molecule has 0 heterocycles. The molecule has 5 heteroatoms. The van der Waals surface area contributed by atoms with Crippen molar-refractivity contribution in [2.24, 2.45) is 0 Å². The molecule has 0 aliphatic carbocycles. The van der Waals surface area contributed by atoms with Crippen LogP contribution in [0.15, 0.2) is 0 Å². The Hall–Kier alpha value is -0.680. The van der Waals surface area contributed by atoms with Gasteiger partial charge in [0.05, 0.1) is 13.2 Å². The number of hydrogen-bond acceptors (Lipinski definition) is 4. The third-order valence-electron chi connectivity index (χ3n) is 0.900. The van der Waals surface area contributed by atoms with Gasteiger partial charge in [-0.05, 0) is 6.92 Å². The van der Waals surface area contributed by atoms with E-state index in [9.17, 15) is 10.1 Å². The van der Waals surface area contributed by atoms with E-state index in [0.717, 1.165) is 0 Å². The summed E-state index contributed by atoms with van der Waals surface area (Å²) in [6.45, 7) is 1.45. The molecule has 0 aromatic heterocycles. The number of aliphatic hydroxyl groups is 1. The number of ether oxygens (including phenoxy) is 1. The van der Waals surface area contributed by atoms with E-state index in [1.165, 1.54) is 0 Å². The van der Waals surface area contributed by atoms with Crippen LogP contribution in [0.3, 0.4) is 0 Å². The summed E-state index contributed by atoms with van der Waals surface area (Å²) in [4.78, 5) is 9.39. The number of nitro groups is 1. The minimum Gasteiger partial charge on any atom is -0.394 e. The molecule has 0 spiro atoms. The SMILES string of the molecule is CC(C[N+](=O)[O-])OCCO. The Morgan fingerprint density at radius 1 is 1.80 bits per heavy atom. The quantitative estimate of drug-likeness (QED) is 0.428. The van der Waals surface area contributed by atoms with Crippen molar-refractivity contribution in [3.63, 3.8) is 0 Å². The molecule has 1 atom stereocenters. The van der Waals surface area contributed by atoms with Crippen LogP contribution in [0.5, 0.6) is 0 Å². The van der Waals surface area contributed by atoms with Gasteiger partial charge in [-0.3, -0.25) is 10.1 Å². The van der Waals surface area contributed by atoms with Crippen LogP contribution >= 0.6 is 0 Å². The summed E-state index contributed by atoms with van der Waals surface area (Å²) >= 11 is 0. The summed E-state index contributed by atoms with van der Waals surface area (Å²) < 4.78 is 4.81. The summed E-state index contributed by atoms with van der Waals surface area (Å²) in [5.41, 5.74) is 0. The van der Waals surface area contributed by atoms with Gasteiger partial charge >= 0.3 is 0 Å². The Labute approximate surface area is 58.8 Å². The summed E-state index contributed by atoms with van der Waals surface area (Å²) in [6, 6.07) is 0. The lowest BCUT2D eigenvalue weighted by atomic mass is 10.4. The van der Waals surface area contributed by atoms with Crippen molar-refractivity contribution in [3.05, 3.63) is 10.1 Å². The molecule has 0 amide bonds. The normalized spacial score (nSPS) is 13.0. The maximum atomic E-state index is 9.84. The van der Waals surface area contributed by atoms with Crippen LogP contribution in [-0.4, -0.2) is 35.9 Å². The van der Waals surface area contributed by atoms with Crippen molar-refractivity contribution in [2.75, 3.05) is 19.8 Å². The van der Waals surface area contributed by atoms with E-state index in [0.29, 0.717) is 0 Å². The third-order valence-corrected chi connectivity index (χ3v) is 0.900. The molecule has 0 fully saturated rings. The number of aliphatic hydroxyl groups excluding tert-OH is 1. The average molecular weight is 149 g/mol. The molecule has 0 saturated carbocycles. The van der Waals surface area contributed by atoms with E-state index in [1.807, 2.05) is 0 Å². The fraction of sp³-hybridized carbons (Fsp3) is 1.00. The lowest BCUT2D eigenvalue weighted by Gasteiger charge is -2.05. The lowest BCUT2D eigenvalue weighted by Crippen LogP contribution is -2.21. The highest BCUT2D eigenvalue weighted by Gasteiger charge is 2.07. The van der Waals surface area contributed by atoms with Crippen molar-refractivity contribution in [2.45, 2.75) is 13.0 Å². The molecule has 0 saturated heterocycles. The third kappa shape index (κ3) is 5.46. The molecule has 10 heavy (non-hydrogen) atoms. The lowest BCUT2D eigenvalue weighted by molar-refractivity contribution is -0.490. The second kappa shape index (κ2) is 5.13. The predicted octanol–water partition coefficient (Wildman–Crippen LogP) is -0.340. The van der Waals surface area contributed by atoms with Gasteiger partial charge in [0.25, 0.3) is 0 Å². The molecule has 0 rings (SSSR count). The standard InChI is InChI=1S/C5H11NO4/c1-5(4-6(8)9)10-3-2-7/h5,7H,2-4H2,1H3. The fourth-order valence-electron chi connectivity index (χ4n) is 0.517. The summed E-state index contributed by atoms with van der Waals surface area (Å²) in [5.74, 6) is 0. The van der Waals surface area contributed by atoms with Gasteiger partial charge in [-0.15, -0.1) is 0 Å². The first-order chi connectivity index (χ1) is 4.66. The molecule has 0 aromatic carbocycles. The van der Waals surface area contributed by atoms with Gasteiger partial charge in [-0.2, -0.15) is 0 Å². The van der Waals surface area contributed by atoms with Crippen molar-refractivity contribution >= 4 is 0 Å². The minimum atomic E-state index is -0.442. The van der Waals surface area contributed by atoms with Crippen LogP contribution in [-0.2, 0) is 4.74 Å². The first-order valence-electron chi connectivity index (χ1n) is 3.01. The van der Waals surface area contributed by atoms with Gasteiger partial charge in [0, 0.05) is 4.92 Å². The first-order valence-corrected chi connectivity index (χ1v) is 3.01. The molecule has 0 aliphatic rings. The topological polar surface area (TPSA) is 72.6 Å². The summed E-state index contributed by atoms with van der Waals surface area (Å²) in [7, 11) is 0. The van der Waals surface area contributed by atoms with Crippen LogP contribution in [0.25, 0.3) is 0 Å². The van der Waals surface area contributed by atoms with Crippen molar-refractivity contribution < 1.29 is 14.8 Å². The molecule has 0 radical (unpaired) electrons. The van der Waals surface area contributed by atoms with E-state index in [2.05, 4.69) is 0 Å². The van der Waals surface area contributed by atoms with E-state index >= 15 is 0 Å². The summed E-state index contributed by atoms with van der Waals surface area (Å²) in [6.07, 6.45) is -0.415. The molecule has 0 aliphatic heterocycles. The van der Waals surface area contributed by atoms with Crippen molar-refractivity contribution in [1.29, 1.82) is 0 Å². The zero-order valence-corrected chi connectivity index (χ0v) is 5.82. The fourth-order valence-corrected chi connectivity index (χ4v) is 0.517. The summed E-state index contributed by atoms with van der Waals surface area (Å²) in [5, 5.41) is 18.1. The second-order valence-corrected chi connectivity index (χ2v) is 1.92. The molecule has 0 aromatic rings. The van der Waals surface area contributed by atoms with Crippen LogP contribution in [0.1, 0.15) is 6.92 Å². The van der Waals surface area contributed by atoms with Crippen LogP contribution < -0.4 is 0 Å². The molecule has 0 bridgehead atoms. The molecule has 5 nitrogen and oxygen atoms in total. The molecule has 60 valence electrons. The van der Waals surface area contributed by atoms with Crippen LogP contribution in [0, 0.1) is 10.1 Å². The number of rotatable bonds is 5. The maximum Gasteiger partial charge on any atom is 0.229 e. The predicted molar refractivity (Wildman–Crippen MR) is 34.4 cm³/mol. The van der Waals surface area contributed by atoms with Crippen molar-refractivity contribution in [3.8, 4) is 0 Å². The average Bonchev–Trinajstić information content (AvgIpc) is 1.82. The van der Waals surface area contributed by atoms with Gasteiger partial charge in [0.2, 0.25) is 6.54 Å². The highest BCUT2D eigenvalue weighted by Crippen LogP contribution is 1.89. The Morgan fingerprint density at radius 2 is 2.40 bits per heavy atom. The van der Waals surface area contributed by atoms with E-state index in [-0.39, 0.29) is 19.8 Å². The Bertz CT molecular complexity index is 106. The smallest absolute Gasteiger partial charge is 0.229 e. The molecular formula is C5H11NO4. The highest BCUT2D eigenvalue weighted by atomic mass is 16.6. The monoisotopic (exact) mass is 149 g/mol.